The standard InChI is InChI=1S/C13H15N3O2/c1-10(12-4-3-7-18-12)15-13(17)6-5-11-8-14-16(2)9-11/h3-10H,1-2H3,(H,15,17)/b6-5+/t10-/m0/s1. The highest BCUT2D eigenvalue weighted by molar-refractivity contribution is 5.91. The molecule has 0 aromatic carbocycles. The lowest BCUT2D eigenvalue weighted by Crippen LogP contribution is -2.24. The lowest BCUT2D eigenvalue weighted by molar-refractivity contribution is -0.117. The summed E-state index contributed by atoms with van der Waals surface area (Å²) in [5, 5.41) is 6.83. The Morgan fingerprint density at radius 1 is 1.61 bits per heavy atom. The van der Waals surface area contributed by atoms with E-state index in [9.17, 15) is 4.79 Å². The van der Waals surface area contributed by atoms with Crippen LogP contribution in [0.15, 0.2) is 41.3 Å². The Morgan fingerprint density at radius 3 is 3.06 bits per heavy atom. The molecule has 5 nitrogen and oxygen atoms in total. The zero-order valence-electron chi connectivity index (χ0n) is 10.3. The van der Waals surface area contributed by atoms with Gasteiger partial charge in [-0.2, -0.15) is 5.10 Å². The summed E-state index contributed by atoms with van der Waals surface area (Å²) >= 11 is 0. The summed E-state index contributed by atoms with van der Waals surface area (Å²) < 4.78 is 6.89. The van der Waals surface area contributed by atoms with Gasteiger partial charge in [-0.1, -0.05) is 0 Å². The van der Waals surface area contributed by atoms with Crippen molar-refractivity contribution in [1.82, 2.24) is 15.1 Å². The number of rotatable bonds is 4. The van der Waals surface area contributed by atoms with Gasteiger partial charge in [0.05, 0.1) is 18.5 Å². The zero-order valence-corrected chi connectivity index (χ0v) is 10.3. The van der Waals surface area contributed by atoms with E-state index in [-0.39, 0.29) is 11.9 Å². The minimum Gasteiger partial charge on any atom is -0.467 e. The first-order valence-corrected chi connectivity index (χ1v) is 5.66. The first-order chi connectivity index (χ1) is 8.65. The van der Waals surface area contributed by atoms with Crippen LogP contribution in [0.25, 0.3) is 6.08 Å². The molecule has 2 rings (SSSR count). The minimum absolute atomic E-state index is 0.147. The maximum absolute atomic E-state index is 11.7. The smallest absolute Gasteiger partial charge is 0.244 e. The molecule has 0 spiro atoms. The van der Waals surface area contributed by atoms with Crippen molar-refractivity contribution in [2.75, 3.05) is 0 Å². The molecule has 1 N–H and O–H groups in total. The van der Waals surface area contributed by atoms with Gasteiger partial charge in [0, 0.05) is 24.9 Å². The van der Waals surface area contributed by atoms with Crippen molar-refractivity contribution < 1.29 is 9.21 Å². The molecule has 18 heavy (non-hydrogen) atoms. The van der Waals surface area contributed by atoms with E-state index in [1.54, 1.807) is 29.3 Å². The molecule has 0 saturated heterocycles. The zero-order chi connectivity index (χ0) is 13.0. The summed E-state index contributed by atoms with van der Waals surface area (Å²) in [6.45, 7) is 1.87. The third kappa shape index (κ3) is 3.10. The third-order valence-electron chi connectivity index (χ3n) is 2.48. The Bertz CT molecular complexity index is 540. The highest BCUT2D eigenvalue weighted by atomic mass is 16.3. The second-order valence-electron chi connectivity index (χ2n) is 4.03. The van der Waals surface area contributed by atoms with Crippen LogP contribution in [0.2, 0.25) is 0 Å². The summed E-state index contributed by atoms with van der Waals surface area (Å²) in [5.74, 6) is 0.570. The molecule has 2 heterocycles. The molecule has 5 heteroatoms. The molecular weight excluding hydrogens is 230 g/mol. The predicted molar refractivity (Wildman–Crippen MR) is 67.5 cm³/mol. The normalized spacial score (nSPS) is 12.8. The van der Waals surface area contributed by atoms with Crippen LogP contribution in [0, 0.1) is 0 Å². The number of aromatic nitrogens is 2. The first-order valence-electron chi connectivity index (χ1n) is 5.66. The molecule has 0 aliphatic carbocycles. The molecule has 0 radical (unpaired) electrons. The molecule has 1 atom stereocenters. The van der Waals surface area contributed by atoms with Gasteiger partial charge in [0.1, 0.15) is 5.76 Å². The molecule has 1 amide bonds. The number of hydrogen-bond acceptors (Lipinski definition) is 3. The van der Waals surface area contributed by atoms with Gasteiger partial charge in [0.25, 0.3) is 0 Å². The van der Waals surface area contributed by atoms with E-state index >= 15 is 0 Å². The third-order valence-corrected chi connectivity index (χ3v) is 2.48. The lowest BCUT2D eigenvalue weighted by atomic mass is 10.2. The van der Waals surface area contributed by atoms with Crippen molar-refractivity contribution >= 4 is 12.0 Å². The molecule has 94 valence electrons. The summed E-state index contributed by atoms with van der Waals surface area (Å²) in [4.78, 5) is 11.7. The Labute approximate surface area is 105 Å². The van der Waals surface area contributed by atoms with Crippen LogP contribution in [0.5, 0.6) is 0 Å². The van der Waals surface area contributed by atoms with Gasteiger partial charge in [-0.25, -0.2) is 0 Å². The number of amides is 1. The largest absolute Gasteiger partial charge is 0.467 e. The fourth-order valence-corrected chi connectivity index (χ4v) is 1.57. The second-order valence-corrected chi connectivity index (χ2v) is 4.03. The van der Waals surface area contributed by atoms with E-state index in [2.05, 4.69) is 10.4 Å². The lowest BCUT2D eigenvalue weighted by Gasteiger charge is -2.08. The van der Waals surface area contributed by atoms with Crippen molar-refractivity contribution in [2.24, 2.45) is 7.05 Å². The Kier molecular flexibility index (Phi) is 3.62. The molecule has 0 bridgehead atoms. The van der Waals surface area contributed by atoms with Crippen LogP contribution in [0.1, 0.15) is 24.3 Å². The molecule has 0 fully saturated rings. The van der Waals surface area contributed by atoms with Gasteiger partial charge >= 0.3 is 0 Å². The number of carbonyl (C=O) groups is 1. The van der Waals surface area contributed by atoms with Crippen LogP contribution in [0.3, 0.4) is 0 Å². The fourth-order valence-electron chi connectivity index (χ4n) is 1.57. The van der Waals surface area contributed by atoms with E-state index in [0.29, 0.717) is 0 Å². The van der Waals surface area contributed by atoms with Crippen LogP contribution >= 0.6 is 0 Å². The maximum atomic E-state index is 11.7. The van der Waals surface area contributed by atoms with Gasteiger partial charge < -0.3 is 9.73 Å². The minimum atomic E-state index is -0.164. The SMILES string of the molecule is C[C@H](NC(=O)/C=C/c1cnn(C)c1)c1ccco1. The average Bonchev–Trinajstić information content (AvgIpc) is 2.97. The predicted octanol–water partition coefficient (Wildman–Crippen LogP) is 1.90. The van der Waals surface area contributed by atoms with E-state index in [4.69, 9.17) is 4.42 Å². The number of carbonyl (C=O) groups excluding carboxylic acids is 1. The Balaban J connectivity index is 1.91. The van der Waals surface area contributed by atoms with Gasteiger partial charge in [-0.05, 0) is 25.1 Å². The van der Waals surface area contributed by atoms with Crippen molar-refractivity contribution in [3.05, 3.63) is 48.2 Å². The van der Waals surface area contributed by atoms with E-state index < -0.39 is 0 Å². The van der Waals surface area contributed by atoms with Crippen molar-refractivity contribution in [3.63, 3.8) is 0 Å². The van der Waals surface area contributed by atoms with E-state index in [0.717, 1.165) is 11.3 Å². The number of nitrogens with zero attached hydrogens (tertiary/aromatic N) is 2. The summed E-state index contributed by atoms with van der Waals surface area (Å²) in [7, 11) is 1.83. The number of aryl methyl sites for hydroxylation is 1. The fraction of sp³-hybridized carbons (Fsp3) is 0.231. The van der Waals surface area contributed by atoms with E-state index in [1.807, 2.05) is 26.2 Å². The van der Waals surface area contributed by atoms with Gasteiger partial charge in [0.2, 0.25) is 5.91 Å². The van der Waals surface area contributed by atoms with Crippen molar-refractivity contribution in [1.29, 1.82) is 0 Å². The Morgan fingerprint density at radius 2 is 2.44 bits per heavy atom. The average molecular weight is 245 g/mol. The summed E-state index contributed by atoms with van der Waals surface area (Å²) in [5.41, 5.74) is 0.887. The van der Waals surface area contributed by atoms with Crippen LogP contribution in [-0.2, 0) is 11.8 Å². The molecular formula is C13H15N3O2. The van der Waals surface area contributed by atoms with Crippen LogP contribution in [0.4, 0.5) is 0 Å². The van der Waals surface area contributed by atoms with E-state index in [1.165, 1.54) is 6.08 Å². The van der Waals surface area contributed by atoms with Crippen LogP contribution in [-0.4, -0.2) is 15.7 Å². The number of nitrogens with one attached hydrogen (secondary N) is 1. The summed E-state index contributed by atoms with van der Waals surface area (Å²) in [6, 6.07) is 3.48. The molecule has 0 aliphatic heterocycles. The van der Waals surface area contributed by atoms with Crippen LogP contribution < -0.4 is 5.32 Å². The van der Waals surface area contributed by atoms with Gasteiger partial charge in [0.15, 0.2) is 0 Å². The number of hydrogen-bond donors (Lipinski definition) is 1. The molecule has 2 aromatic heterocycles. The molecule has 0 aliphatic rings. The highest BCUT2D eigenvalue weighted by Crippen LogP contribution is 2.11. The molecule has 2 aromatic rings. The topological polar surface area (TPSA) is 60.1 Å². The first kappa shape index (κ1) is 12.2. The number of furan rings is 1. The van der Waals surface area contributed by atoms with Gasteiger partial charge in [-0.3, -0.25) is 9.48 Å². The monoisotopic (exact) mass is 245 g/mol. The van der Waals surface area contributed by atoms with Crippen molar-refractivity contribution in [3.8, 4) is 0 Å². The van der Waals surface area contributed by atoms with Crippen molar-refractivity contribution in [2.45, 2.75) is 13.0 Å². The van der Waals surface area contributed by atoms with Gasteiger partial charge in [-0.15, -0.1) is 0 Å². The highest BCUT2D eigenvalue weighted by Gasteiger charge is 2.09. The molecule has 0 saturated carbocycles. The molecule has 0 unspecified atom stereocenters. The Hall–Kier alpha value is -2.30. The summed E-state index contributed by atoms with van der Waals surface area (Å²) in [6.07, 6.45) is 8.32. The quantitative estimate of drug-likeness (QED) is 0.837. The second kappa shape index (κ2) is 5.35. The maximum Gasteiger partial charge on any atom is 0.244 e.